The van der Waals surface area contributed by atoms with E-state index in [9.17, 15) is 22.8 Å². The summed E-state index contributed by atoms with van der Waals surface area (Å²) in [6.45, 7) is 5.05. The van der Waals surface area contributed by atoms with Gasteiger partial charge in [0.1, 0.15) is 6.61 Å². The van der Waals surface area contributed by atoms with Crippen molar-refractivity contribution in [2.24, 2.45) is 5.92 Å². The molecule has 2 aromatic carbocycles. The first-order valence-electron chi connectivity index (χ1n) is 11.9. The minimum absolute atomic E-state index is 0.0147. The third-order valence-corrected chi connectivity index (χ3v) is 5.74. The average molecular weight is 532 g/mol. The fourth-order valence-corrected chi connectivity index (χ4v) is 3.52. The zero-order valence-corrected chi connectivity index (χ0v) is 21.1. The number of nitrogens with zero attached hydrogens (tertiary/aromatic N) is 2. The highest BCUT2D eigenvalue weighted by molar-refractivity contribution is 5.69. The number of rotatable bonds is 10. The highest BCUT2D eigenvalue weighted by atomic mass is 19.4. The van der Waals surface area contributed by atoms with Crippen LogP contribution in [0, 0.1) is 5.92 Å². The van der Waals surface area contributed by atoms with Crippen molar-refractivity contribution in [1.82, 2.24) is 15.5 Å². The van der Waals surface area contributed by atoms with E-state index in [1.165, 1.54) is 31.2 Å². The molecule has 3 rings (SSSR count). The maximum atomic E-state index is 12.8. The summed E-state index contributed by atoms with van der Waals surface area (Å²) in [6, 6.07) is 13.0. The first-order chi connectivity index (χ1) is 18.1. The van der Waals surface area contributed by atoms with Gasteiger partial charge in [-0.15, -0.1) is 0 Å². The van der Waals surface area contributed by atoms with Gasteiger partial charge in [-0.2, -0.15) is 18.2 Å². The Bertz CT molecular complexity index is 1230. The lowest BCUT2D eigenvalue weighted by atomic mass is 9.93. The summed E-state index contributed by atoms with van der Waals surface area (Å²) < 4.78 is 54.3. The summed E-state index contributed by atoms with van der Waals surface area (Å²) in [4.78, 5) is 28.8. The van der Waals surface area contributed by atoms with Gasteiger partial charge in [0.2, 0.25) is 5.82 Å². The van der Waals surface area contributed by atoms with Gasteiger partial charge in [-0.1, -0.05) is 67.9 Å². The number of alkyl carbamates (subject to hydrolysis) is 1. The number of halogens is 3. The number of hydrogen-bond donors (Lipinski definition) is 1. The van der Waals surface area contributed by atoms with E-state index in [1.54, 1.807) is 0 Å². The molecule has 8 nitrogen and oxygen atoms in total. The summed E-state index contributed by atoms with van der Waals surface area (Å²) >= 11 is 0. The van der Waals surface area contributed by atoms with Crippen LogP contribution < -0.4 is 5.32 Å². The van der Waals surface area contributed by atoms with Crippen molar-refractivity contribution in [2.75, 3.05) is 0 Å². The van der Waals surface area contributed by atoms with E-state index < -0.39 is 35.9 Å². The van der Waals surface area contributed by atoms with Gasteiger partial charge in [0.15, 0.2) is 6.10 Å². The molecule has 1 amide bonds. The SMILES string of the molecule is CCC(C)[C@H](NC(=O)OCc1ccccc1)C(OC(C)=O)c1noc(C=Cc2ccc(C(F)(F)F)cc2)n1. The van der Waals surface area contributed by atoms with Crippen LogP contribution in [0.2, 0.25) is 0 Å². The van der Waals surface area contributed by atoms with Crippen LogP contribution in [-0.2, 0) is 27.1 Å². The second-order valence-electron chi connectivity index (χ2n) is 8.59. The molecular formula is C27H28F3N3O5. The molecule has 3 aromatic rings. The Morgan fingerprint density at radius 1 is 1.08 bits per heavy atom. The topological polar surface area (TPSA) is 104 Å². The van der Waals surface area contributed by atoms with Crippen molar-refractivity contribution < 1.29 is 36.8 Å². The maximum absolute atomic E-state index is 12.8. The number of esters is 1. The number of ether oxygens (including phenoxy) is 2. The third-order valence-electron chi connectivity index (χ3n) is 5.74. The minimum Gasteiger partial charge on any atom is -0.452 e. The molecule has 1 heterocycles. The summed E-state index contributed by atoms with van der Waals surface area (Å²) in [5, 5.41) is 6.67. The molecule has 3 atom stereocenters. The molecule has 202 valence electrons. The zero-order chi connectivity index (χ0) is 27.7. The van der Waals surface area contributed by atoms with Gasteiger partial charge in [0.05, 0.1) is 11.6 Å². The molecule has 1 aromatic heterocycles. The molecule has 0 aliphatic heterocycles. The molecule has 0 aliphatic rings. The van der Waals surface area contributed by atoms with Crippen molar-refractivity contribution >= 4 is 24.2 Å². The second-order valence-corrected chi connectivity index (χ2v) is 8.59. The number of hydrogen-bond acceptors (Lipinski definition) is 7. The molecule has 0 saturated heterocycles. The smallest absolute Gasteiger partial charge is 0.416 e. The molecule has 11 heteroatoms. The number of amides is 1. The molecule has 0 aliphatic carbocycles. The van der Waals surface area contributed by atoms with Crippen LogP contribution in [0.5, 0.6) is 0 Å². The number of alkyl halides is 3. The number of aromatic nitrogens is 2. The molecular weight excluding hydrogens is 503 g/mol. The number of carbonyl (C=O) groups excluding carboxylic acids is 2. The van der Waals surface area contributed by atoms with Gasteiger partial charge in [-0.3, -0.25) is 4.79 Å². The normalized spacial score (nSPS) is 14.1. The molecule has 0 spiro atoms. The van der Waals surface area contributed by atoms with Crippen molar-refractivity contribution in [2.45, 2.75) is 52.1 Å². The van der Waals surface area contributed by atoms with Crippen LogP contribution >= 0.6 is 0 Å². The second kappa shape index (κ2) is 12.9. The number of benzene rings is 2. The number of carbonyl (C=O) groups is 2. The molecule has 0 radical (unpaired) electrons. The van der Waals surface area contributed by atoms with Crippen LogP contribution in [-0.4, -0.2) is 28.2 Å². The summed E-state index contributed by atoms with van der Waals surface area (Å²) in [6.07, 6.45) is -2.66. The largest absolute Gasteiger partial charge is 0.452 e. The molecule has 0 fully saturated rings. The summed E-state index contributed by atoms with van der Waals surface area (Å²) in [5.41, 5.74) is 0.529. The van der Waals surface area contributed by atoms with E-state index in [0.717, 1.165) is 17.7 Å². The Hall–Kier alpha value is -4.15. The zero-order valence-electron chi connectivity index (χ0n) is 21.1. The summed E-state index contributed by atoms with van der Waals surface area (Å²) in [5.74, 6) is -0.741. The molecule has 0 bridgehead atoms. The van der Waals surface area contributed by atoms with Crippen LogP contribution in [0.1, 0.15) is 61.7 Å². The molecule has 38 heavy (non-hydrogen) atoms. The Kier molecular flexibility index (Phi) is 9.64. The van der Waals surface area contributed by atoms with Crippen LogP contribution in [0.3, 0.4) is 0 Å². The monoisotopic (exact) mass is 531 g/mol. The van der Waals surface area contributed by atoms with Crippen LogP contribution in [0.15, 0.2) is 59.1 Å². The fraction of sp³-hybridized carbons (Fsp3) is 0.333. The first kappa shape index (κ1) is 28.4. The van der Waals surface area contributed by atoms with E-state index in [0.29, 0.717) is 12.0 Å². The lowest BCUT2D eigenvalue weighted by molar-refractivity contribution is -0.149. The fourth-order valence-electron chi connectivity index (χ4n) is 3.52. The van der Waals surface area contributed by atoms with Crippen molar-refractivity contribution in [3.63, 3.8) is 0 Å². The lowest BCUT2D eigenvalue weighted by Gasteiger charge is -2.29. The highest BCUT2D eigenvalue weighted by Crippen LogP contribution is 2.30. The predicted octanol–water partition coefficient (Wildman–Crippen LogP) is 6.20. The van der Waals surface area contributed by atoms with Crippen molar-refractivity contribution in [3.05, 3.63) is 83.0 Å². The van der Waals surface area contributed by atoms with Gasteiger partial charge in [0, 0.05) is 13.0 Å². The van der Waals surface area contributed by atoms with Crippen molar-refractivity contribution in [3.8, 4) is 0 Å². The molecule has 1 N–H and O–H groups in total. The molecule has 2 unspecified atom stereocenters. The standard InChI is InChI=1S/C27H28F3N3O5/c1-4-17(2)23(32-26(35)36-16-20-8-6-5-7-9-20)24(37-18(3)34)25-31-22(38-33-25)15-12-19-10-13-21(14-11-19)27(28,29)30/h5-15,17,23-24H,4,16H2,1-3H3,(H,32,35)/t17?,23-,24?/m0/s1. The lowest BCUT2D eigenvalue weighted by Crippen LogP contribution is -2.45. The predicted molar refractivity (Wildman–Crippen MR) is 132 cm³/mol. The third kappa shape index (κ3) is 8.19. The van der Waals surface area contributed by atoms with Gasteiger partial charge in [0.25, 0.3) is 5.89 Å². The minimum atomic E-state index is -4.43. The van der Waals surface area contributed by atoms with Crippen LogP contribution in [0.25, 0.3) is 12.2 Å². The van der Waals surface area contributed by atoms with Gasteiger partial charge >= 0.3 is 18.2 Å². The van der Waals surface area contributed by atoms with Crippen LogP contribution in [0.4, 0.5) is 18.0 Å². The Morgan fingerprint density at radius 3 is 2.37 bits per heavy atom. The first-order valence-corrected chi connectivity index (χ1v) is 11.9. The molecule has 0 saturated carbocycles. The highest BCUT2D eigenvalue weighted by Gasteiger charge is 2.35. The maximum Gasteiger partial charge on any atom is 0.416 e. The average Bonchev–Trinajstić information content (AvgIpc) is 3.37. The Labute approximate surface area is 217 Å². The van der Waals surface area contributed by atoms with E-state index >= 15 is 0 Å². The van der Waals surface area contributed by atoms with E-state index in [1.807, 2.05) is 44.2 Å². The van der Waals surface area contributed by atoms with Gasteiger partial charge in [-0.25, -0.2) is 4.79 Å². The van der Waals surface area contributed by atoms with E-state index in [-0.39, 0.29) is 24.2 Å². The van der Waals surface area contributed by atoms with Gasteiger partial charge < -0.3 is 19.3 Å². The van der Waals surface area contributed by atoms with Crippen molar-refractivity contribution in [1.29, 1.82) is 0 Å². The number of nitrogens with one attached hydrogen (secondary N) is 1. The van der Waals surface area contributed by atoms with Gasteiger partial charge in [-0.05, 0) is 35.3 Å². The van der Waals surface area contributed by atoms with E-state index in [4.69, 9.17) is 14.0 Å². The Morgan fingerprint density at radius 2 is 1.76 bits per heavy atom. The van der Waals surface area contributed by atoms with E-state index in [2.05, 4.69) is 15.5 Å². The quantitative estimate of drug-likeness (QED) is 0.311. The Balaban J connectivity index is 1.76. The summed E-state index contributed by atoms with van der Waals surface area (Å²) in [7, 11) is 0.